The zero-order chi connectivity index (χ0) is 14.5. The molecule has 20 heavy (non-hydrogen) atoms. The molecule has 4 heteroatoms. The molecular formula is C16H24N2O2. The molecule has 1 aromatic rings. The molecule has 0 spiro atoms. The summed E-state index contributed by atoms with van der Waals surface area (Å²) in [4.78, 5) is 11.8. The Labute approximate surface area is 120 Å². The lowest BCUT2D eigenvalue weighted by atomic mass is 9.87. The van der Waals surface area contributed by atoms with Gasteiger partial charge in [0.05, 0.1) is 23.5 Å². The van der Waals surface area contributed by atoms with Crippen LogP contribution >= 0.6 is 0 Å². The van der Waals surface area contributed by atoms with E-state index in [2.05, 4.69) is 12.2 Å². The molecule has 0 aromatic heterocycles. The number of anilines is 2. The van der Waals surface area contributed by atoms with Gasteiger partial charge in [0.1, 0.15) is 0 Å². The highest BCUT2D eigenvalue weighted by atomic mass is 16.5. The fourth-order valence-corrected chi connectivity index (χ4v) is 2.81. The van der Waals surface area contributed by atoms with Crippen molar-refractivity contribution in [3.8, 4) is 0 Å². The molecule has 1 saturated carbocycles. The number of nitrogens with one attached hydrogen (secondary N) is 1. The van der Waals surface area contributed by atoms with Gasteiger partial charge in [-0.15, -0.1) is 0 Å². The van der Waals surface area contributed by atoms with E-state index in [-0.39, 0.29) is 5.97 Å². The number of esters is 1. The van der Waals surface area contributed by atoms with Crippen molar-refractivity contribution in [1.29, 1.82) is 0 Å². The summed E-state index contributed by atoms with van der Waals surface area (Å²) in [6.45, 7) is 4.47. The fraction of sp³-hybridized carbons (Fsp3) is 0.562. The van der Waals surface area contributed by atoms with E-state index in [0.717, 1.165) is 24.4 Å². The molecule has 2 atom stereocenters. The number of nitrogen functional groups attached to an aromatic ring is 1. The second kappa shape index (κ2) is 6.64. The Morgan fingerprint density at radius 1 is 1.45 bits per heavy atom. The number of carbonyl (C=O) groups is 1. The van der Waals surface area contributed by atoms with Gasteiger partial charge in [-0.2, -0.15) is 0 Å². The Hall–Kier alpha value is -1.71. The van der Waals surface area contributed by atoms with Gasteiger partial charge in [0, 0.05) is 6.04 Å². The lowest BCUT2D eigenvalue weighted by Gasteiger charge is -2.28. The van der Waals surface area contributed by atoms with E-state index in [4.69, 9.17) is 10.5 Å². The molecular weight excluding hydrogens is 252 g/mol. The first-order valence-corrected chi connectivity index (χ1v) is 7.43. The SMILES string of the molecule is CCOC(=O)c1ccc(N)c(NC2CCCC(C)C2)c1. The van der Waals surface area contributed by atoms with Gasteiger partial charge in [0.15, 0.2) is 0 Å². The Balaban J connectivity index is 2.10. The number of ether oxygens (including phenoxy) is 1. The first-order valence-electron chi connectivity index (χ1n) is 7.43. The summed E-state index contributed by atoms with van der Waals surface area (Å²) in [5.41, 5.74) is 8.07. The molecule has 1 fully saturated rings. The van der Waals surface area contributed by atoms with Crippen LogP contribution in [-0.4, -0.2) is 18.6 Å². The van der Waals surface area contributed by atoms with Crippen molar-refractivity contribution < 1.29 is 9.53 Å². The van der Waals surface area contributed by atoms with Crippen LogP contribution in [0.1, 0.15) is 49.9 Å². The van der Waals surface area contributed by atoms with Crippen molar-refractivity contribution in [2.24, 2.45) is 5.92 Å². The molecule has 0 radical (unpaired) electrons. The van der Waals surface area contributed by atoms with Crippen molar-refractivity contribution in [3.05, 3.63) is 23.8 Å². The average molecular weight is 276 g/mol. The van der Waals surface area contributed by atoms with E-state index in [1.54, 1.807) is 25.1 Å². The molecule has 110 valence electrons. The summed E-state index contributed by atoms with van der Waals surface area (Å²) >= 11 is 0. The van der Waals surface area contributed by atoms with E-state index < -0.39 is 0 Å². The Bertz CT molecular complexity index is 474. The van der Waals surface area contributed by atoms with E-state index in [9.17, 15) is 4.79 Å². The minimum Gasteiger partial charge on any atom is -0.462 e. The topological polar surface area (TPSA) is 64.3 Å². The van der Waals surface area contributed by atoms with Crippen LogP contribution in [-0.2, 0) is 4.74 Å². The molecule has 1 aliphatic rings. The molecule has 0 aliphatic heterocycles. The van der Waals surface area contributed by atoms with Crippen LogP contribution in [0, 0.1) is 5.92 Å². The summed E-state index contributed by atoms with van der Waals surface area (Å²) < 4.78 is 5.02. The highest BCUT2D eigenvalue weighted by molar-refractivity contribution is 5.92. The molecule has 0 bridgehead atoms. The maximum Gasteiger partial charge on any atom is 0.338 e. The summed E-state index contributed by atoms with van der Waals surface area (Å²) in [5, 5.41) is 3.48. The number of rotatable bonds is 4. The highest BCUT2D eigenvalue weighted by Crippen LogP contribution is 2.29. The van der Waals surface area contributed by atoms with Gasteiger partial charge in [0.25, 0.3) is 0 Å². The van der Waals surface area contributed by atoms with Gasteiger partial charge in [0.2, 0.25) is 0 Å². The third kappa shape index (κ3) is 3.65. The van der Waals surface area contributed by atoms with E-state index in [1.807, 2.05) is 0 Å². The largest absolute Gasteiger partial charge is 0.462 e. The fourth-order valence-electron chi connectivity index (χ4n) is 2.81. The van der Waals surface area contributed by atoms with Crippen molar-refractivity contribution in [2.45, 2.75) is 45.6 Å². The maximum atomic E-state index is 11.8. The Kier molecular flexibility index (Phi) is 4.88. The minimum atomic E-state index is -0.299. The van der Waals surface area contributed by atoms with Crippen molar-refractivity contribution in [1.82, 2.24) is 0 Å². The molecule has 3 N–H and O–H groups in total. The number of hydrogen-bond donors (Lipinski definition) is 2. The van der Waals surface area contributed by atoms with Crippen LogP contribution in [0.2, 0.25) is 0 Å². The van der Waals surface area contributed by atoms with Gasteiger partial charge >= 0.3 is 5.97 Å². The average Bonchev–Trinajstić information content (AvgIpc) is 2.41. The predicted molar refractivity (Wildman–Crippen MR) is 81.9 cm³/mol. The molecule has 1 aliphatic carbocycles. The third-order valence-corrected chi connectivity index (χ3v) is 3.86. The zero-order valence-corrected chi connectivity index (χ0v) is 12.3. The van der Waals surface area contributed by atoms with Crippen LogP contribution in [0.5, 0.6) is 0 Å². The van der Waals surface area contributed by atoms with Crippen LogP contribution < -0.4 is 11.1 Å². The minimum absolute atomic E-state index is 0.299. The quantitative estimate of drug-likeness (QED) is 0.653. The van der Waals surface area contributed by atoms with Gasteiger partial charge in [-0.05, 0) is 43.9 Å². The van der Waals surface area contributed by atoms with E-state index >= 15 is 0 Å². The van der Waals surface area contributed by atoms with Crippen LogP contribution in [0.25, 0.3) is 0 Å². The zero-order valence-electron chi connectivity index (χ0n) is 12.3. The van der Waals surface area contributed by atoms with Crippen molar-refractivity contribution in [2.75, 3.05) is 17.7 Å². The van der Waals surface area contributed by atoms with Crippen molar-refractivity contribution in [3.63, 3.8) is 0 Å². The molecule has 4 nitrogen and oxygen atoms in total. The molecule has 0 saturated heterocycles. The van der Waals surface area contributed by atoms with E-state index in [0.29, 0.717) is 23.9 Å². The molecule has 1 aromatic carbocycles. The van der Waals surface area contributed by atoms with Gasteiger partial charge in [-0.25, -0.2) is 4.79 Å². The lowest BCUT2D eigenvalue weighted by Crippen LogP contribution is -2.26. The molecule has 2 rings (SSSR count). The number of benzene rings is 1. The van der Waals surface area contributed by atoms with Gasteiger partial charge < -0.3 is 15.8 Å². The van der Waals surface area contributed by atoms with E-state index in [1.165, 1.54) is 12.8 Å². The van der Waals surface area contributed by atoms with Gasteiger partial charge in [-0.3, -0.25) is 0 Å². The number of carbonyl (C=O) groups excluding carboxylic acids is 1. The summed E-state index contributed by atoms with van der Waals surface area (Å²) in [5.74, 6) is 0.447. The second-order valence-electron chi connectivity index (χ2n) is 5.64. The first-order chi connectivity index (χ1) is 9.60. The standard InChI is InChI=1S/C16H24N2O2/c1-3-20-16(19)12-7-8-14(17)15(10-12)18-13-6-4-5-11(2)9-13/h7-8,10-11,13,18H,3-6,9,17H2,1-2H3. The van der Waals surface area contributed by atoms with Crippen molar-refractivity contribution >= 4 is 17.3 Å². The monoisotopic (exact) mass is 276 g/mol. The summed E-state index contributed by atoms with van der Waals surface area (Å²) in [6, 6.07) is 5.72. The highest BCUT2D eigenvalue weighted by Gasteiger charge is 2.19. The predicted octanol–water partition coefficient (Wildman–Crippen LogP) is 3.44. The number of hydrogen-bond acceptors (Lipinski definition) is 4. The molecule has 0 heterocycles. The summed E-state index contributed by atoms with van der Waals surface area (Å²) in [7, 11) is 0. The van der Waals surface area contributed by atoms with Crippen LogP contribution in [0.15, 0.2) is 18.2 Å². The Morgan fingerprint density at radius 3 is 2.95 bits per heavy atom. The molecule has 2 unspecified atom stereocenters. The van der Waals surface area contributed by atoms with Crippen LogP contribution in [0.3, 0.4) is 0 Å². The first kappa shape index (κ1) is 14.7. The third-order valence-electron chi connectivity index (χ3n) is 3.86. The number of nitrogens with two attached hydrogens (primary N) is 1. The molecule has 0 amide bonds. The normalized spacial score (nSPS) is 22.3. The Morgan fingerprint density at radius 2 is 2.25 bits per heavy atom. The van der Waals surface area contributed by atoms with Gasteiger partial charge in [-0.1, -0.05) is 19.8 Å². The smallest absolute Gasteiger partial charge is 0.338 e. The van der Waals surface area contributed by atoms with Crippen LogP contribution in [0.4, 0.5) is 11.4 Å². The summed E-state index contributed by atoms with van der Waals surface area (Å²) in [6.07, 6.45) is 4.86. The lowest BCUT2D eigenvalue weighted by molar-refractivity contribution is 0.0526. The second-order valence-corrected chi connectivity index (χ2v) is 5.64. The maximum absolute atomic E-state index is 11.8.